The lowest BCUT2D eigenvalue weighted by Gasteiger charge is -2.48. The van der Waals surface area contributed by atoms with Crippen LogP contribution in [0.2, 0.25) is 52.9 Å². The smallest absolute Gasteiger partial charge is 0.329 e. The summed E-state index contributed by atoms with van der Waals surface area (Å²) in [6, 6.07) is 8.95. The Kier molecular flexibility index (Phi) is 26.2. The lowest BCUT2D eigenvalue weighted by molar-refractivity contribution is -0.165. The van der Waals surface area contributed by atoms with Crippen molar-refractivity contribution in [2.75, 3.05) is 20.8 Å². The van der Waals surface area contributed by atoms with E-state index in [1.54, 1.807) is 21.1 Å². The van der Waals surface area contributed by atoms with Gasteiger partial charge in [-0.05, 0) is 135 Å². The van der Waals surface area contributed by atoms with Crippen LogP contribution in [0.1, 0.15) is 175 Å². The van der Waals surface area contributed by atoms with Gasteiger partial charge in [0.05, 0.1) is 30.5 Å². The number of Topliss-reactive ketones (excluding diaryl/α,β-unsaturated/α-hetero) is 2. The molecule has 1 amide bonds. The number of ketones is 2. The number of nitrogens with zero attached hydrogens (tertiary/aromatic N) is 1. The predicted molar refractivity (Wildman–Crippen MR) is 329 cm³/mol. The first-order chi connectivity index (χ1) is 36.0. The minimum absolute atomic E-state index is 0.0666. The fraction of sp³-hybridized carbons (Fsp3) is 0.750. The Morgan fingerprint density at radius 1 is 0.756 bits per heavy atom. The second kappa shape index (κ2) is 29.4. The predicted octanol–water partition coefficient (Wildman–Crippen LogP) is 15.5. The van der Waals surface area contributed by atoms with E-state index < -0.39 is 96.8 Å². The number of benzene rings is 1. The third kappa shape index (κ3) is 17.8. The van der Waals surface area contributed by atoms with Crippen LogP contribution >= 0.6 is 0 Å². The zero-order chi connectivity index (χ0) is 59.5. The number of rotatable bonds is 15. The minimum atomic E-state index is -2.66. The van der Waals surface area contributed by atoms with Crippen LogP contribution in [-0.2, 0) is 46.7 Å². The van der Waals surface area contributed by atoms with Crippen LogP contribution in [-0.4, -0.2) is 117 Å². The number of piperidine rings is 1. The van der Waals surface area contributed by atoms with Gasteiger partial charge in [-0.15, -0.1) is 6.58 Å². The summed E-state index contributed by atoms with van der Waals surface area (Å²) >= 11 is 0. The Bertz CT molecular complexity index is 2150. The van der Waals surface area contributed by atoms with Crippen molar-refractivity contribution in [3.63, 3.8) is 0 Å². The van der Waals surface area contributed by atoms with Gasteiger partial charge in [-0.1, -0.05) is 158 Å². The van der Waals surface area contributed by atoms with E-state index in [0.717, 1.165) is 17.6 Å². The molecule has 444 valence electrons. The van der Waals surface area contributed by atoms with Crippen LogP contribution < -0.4 is 0 Å². The van der Waals surface area contributed by atoms with E-state index in [9.17, 15) is 14.4 Å². The lowest BCUT2D eigenvalue weighted by atomic mass is 9.84. The van der Waals surface area contributed by atoms with E-state index in [2.05, 4.69) is 149 Å². The van der Waals surface area contributed by atoms with Gasteiger partial charge in [-0.2, -0.15) is 0 Å². The lowest BCUT2D eigenvalue weighted by Crippen LogP contribution is -2.55. The van der Waals surface area contributed by atoms with E-state index in [1.807, 2.05) is 43.3 Å². The Morgan fingerprint density at radius 3 is 1.81 bits per heavy atom. The highest BCUT2D eigenvalue weighted by atomic mass is 28.4. The number of hydrogen-bond acceptors (Lipinski definition) is 10. The molecule has 1 aromatic rings. The first-order valence-corrected chi connectivity index (χ1v) is 37.7. The maximum absolute atomic E-state index is 15.2. The van der Waals surface area contributed by atoms with Crippen molar-refractivity contribution in [1.29, 1.82) is 0 Å². The first kappa shape index (κ1) is 69.4. The summed E-state index contributed by atoms with van der Waals surface area (Å²) in [5.74, 6) is -4.79. The molecule has 2 heterocycles. The van der Waals surface area contributed by atoms with Crippen molar-refractivity contribution in [1.82, 2.24) is 4.90 Å². The van der Waals surface area contributed by atoms with Crippen LogP contribution in [0, 0.1) is 23.7 Å². The molecular weight excluding hydrogens is 1030 g/mol. The molecule has 11 nitrogen and oxygen atoms in total. The normalized spacial score (nSPS) is 29.1. The van der Waals surface area contributed by atoms with Crippen molar-refractivity contribution in [3.05, 3.63) is 65.8 Å². The summed E-state index contributed by atoms with van der Waals surface area (Å²) in [6.45, 7) is 51.1. The van der Waals surface area contributed by atoms with Crippen LogP contribution in [0.25, 0.3) is 6.08 Å². The van der Waals surface area contributed by atoms with E-state index in [-0.39, 0.29) is 57.6 Å². The zero-order valence-electron chi connectivity index (χ0n) is 53.3. The quantitative estimate of drug-likeness (QED) is 0.0725. The van der Waals surface area contributed by atoms with Gasteiger partial charge in [-0.3, -0.25) is 14.4 Å². The highest BCUT2D eigenvalue weighted by Crippen LogP contribution is 2.47. The van der Waals surface area contributed by atoms with E-state index in [1.165, 1.54) is 10.5 Å². The maximum atomic E-state index is 15.2. The number of methoxy groups -OCH3 is 2. The molecule has 1 aromatic carbocycles. The molecule has 0 spiro atoms. The Labute approximate surface area is 478 Å². The van der Waals surface area contributed by atoms with Crippen molar-refractivity contribution >= 4 is 54.5 Å². The molecule has 3 rings (SSSR count). The highest BCUT2D eigenvalue weighted by molar-refractivity contribution is 6.77. The number of esters is 1. The summed E-state index contributed by atoms with van der Waals surface area (Å²) in [4.78, 5) is 59.8. The van der Waals surface area contributed by atoms with Crippen molar-refractivity contribution < 1.29 is 46.7 Å². The number of carbonyl (C=O) groups is 4. The van der Waals surface area contributed by atoms with E-state index in [0.29, 0.717) is 38.5 Å². The second-order valence-corrected chi connectivity index (χ2v) is 42.5. The third-order valence-corrected chi connectivity index (χ3v) is 33.6. The van der Waals surface area contributed by atoms with E-state index >= 15 is 4.79 Å². The van der Waals surface area contributed by atoms with Crippen molar-refractivity contribution in [3.8, 4) is 0 Å². The van der Waals surface area contributed by atoms with Gasteiger partial charge in [-0.25, -0.2) is 4.79 Å². The molecule has 0 N–H and O–H groups in total. The van der Waals surface area contributed by atoms with Crippen LogP contribution in [0.15, 0.2) is 60.2 Å². The van der Waals surface area contributed by atoms with Crippen molar-refractivity contribution in [2.24, 2.45) is 23.7 Å². The Hall–Kier alpha value is -2.83. The van der Waals surface area contributed by atoms with Gasteiger partial charge < -0.3 is 32.4 Å². The molecule has 78 heavy (non-hydrogen) atoms. The molecule has 14 heteroatoms. The number of ether oxygens (including phenoxy) is 3. The Morgan fingerprint density at radius 2 is 1.29 bits per heavy atom. The van der Waals surface area contributed by atoms with Gasteiger partial charge in [0.2, 0.25) is 14.1 Å². The second-order valence-electron chi connectivity index (χ2n) is 27.6. The van der Waals surface area contributed by atoms with Crippen LogP contribution in [0.3, 0.4) is 0 Å². The maximum Gasteiger partial charge on any atom is 0.329 e. The molecule has 0 unspecified atom stereocenters. The number of hydrogen-bond donors (Lipinski definition) is 0. The molecule has 1 saturated heterocycles. The fourth-order valence-corrected chi connectivity index (χ4v) is 20.4. The zero-order valence-corrected chi connectivity index (χ0v) is 56.3. The average molecular weight is 1140 g/mol. The van der Waals surface area contributed by atoms with Gasteiger partial charge in [0.1, 0.15) is 12.1 Å². The standard InChI is InChI=1S/C64H111NO10Si3/c1-25-31-51-37-45(8)36-46(9)38-55(70-19)60(75-77(23,24)64(16,17)18)56(71-20)40-47(10)57(66)58(67)61(68)65-35-30-29-34-52(65)62(69)72-59(48(11)39-50-32-27-26-28-33-50)49(12)53(41-54(51)73-76(21,22)63(13,14)15)74-78(42(2)3,43(4)5)44(6)7/h25-28,32-33,37,39,42-44,46-47,49,51-56,59-60H,1,29-31,34-36,38,40-41H2,2-24H3/b45-37+,48-39+/t46-,47+,49+,51+,52-,53-,54+,55+,56-,59+,60+/m0/s1. The van der Waals surface area contributed by atoms with E-state index in [4.69, 9.17) is 27.5 Å². The molecular formula is C64H111NO10Si3. The van der Waals surface area contributed by atoms with Crippen LogP contribution in [0.4, 0.5) is 0 Å². The monoisotopic (exact) mass is 1140 g/mol. The molecule has 2 aliphatic heterocycles. The Balaban J connectivity index is 2.52. The number of amides is 1. The summed E-state index contributed by atoms with van der Waals surface area (Å²) in [5.41, 5.74) is 3.77. The molecule has 0 aliphatic carbocycles. The SMILES string of the molecule is C=CC[C@@H]1/C=C(\C)C[C@H](C)C[C@@H](OC)[C@@H](O[Si](C)(C)C(C)(C)C)[C@@H](OC)C[C@@H](C)C(=O)C(=O)C(=O)N2CCCC[C@H]2C(=O)O[C@H](/C(C)=C/c2ccccc2)[C@H](C)[C@@H](O[Si](C(C)C)(C(C)C)C(C)C)C[C@H]1O[Si](C)(C)C(C)(C)C. The molecule has 0 saturated carbocycles. The topological polar surface area (TPSA) is 127 Å². The number of allylic oxidation sites excluding steroid dienone is 2. The fourth-order valence-electron chi connectivity index (χ4n) is 12.0. The first-order valence-electron chi connectivity index (χ1n) is 29.7. The number of cyclic esters (lactones) is 1. The van der Waals surface area contributed by atoms with Gasteiger partial charge in [0.25, 0.3) is 11.7 Å². The molecule has 11 atom stereocenters. The third-order valence-electron chi connectivity index (χ3n) is 18.5. The summed E-state index contributed by atoms with van der Waals surface area (Å²) in [5, 5.41) is -0.264. The number of carbonyl (C=O) groups excluding carboxylic acids is 4. The highest BCUT2D eigenvalue weighted by Gasteiger charge is 2.51. The van der Waals surface area contributed by atoms with Crippen LogP contribution in [0.5, 0.6) is 0 Å². The number of fused-ring (bicyclic) bond motifs is 1. The molecule has 0 bridgehead atoms. The minimum Gasteiger partial charge on any atom is -0.456 e. The molecule has 1 fully saturated rings. The summed E-state index contributed by atoms with van der Waals surface area (Å²) < 4.78 is 42.6. The largest absolute Gasteiger partial charge is 0.456 e. The van der Waals surface area contributed by atoms with Crippen molar-refractivity contribution in [2.45, 2.75) is 265 Å². The molecule has 0 aromatic heterocycles. The van der Waals surface area contributed by atoms with Gasteiger partial charge in [0, 0.05) is 38.5 Å². The molecule has 2 aliphatic rings. The summed E-state index contributed by atoms with van der Waals surface area (Å²) in [6.07, 6.45) is 7.55. The van der Waals surface area contributed by atoms with Gasteiger partial charge >= 0.3 is 5.97 Å². The average Bonchev–Trinajstić information content (AvgIpc) is 3.34. The molecule has 0 radical (unpaired) electrons. The summed E-state index contributed by atoms with van der Waals surface area (Å²) in [7, 11) is -4.30. The van der Waals surface area contributed by atoms with Gasteiger partial charge in [0.15, 0.2) is 16.6 Å².